The molecule has 0 spiro atoms. The summed E-state index contributed by atoms with van der Waals surface area (Å²) in [7, 11) is 0. The third-order valence-electron chi connectivity index (χ3n) is 2.87. The SMILES string of the molecule is Cc1nonc1COC1CCCC(N)C1. The van der Waals surface area contributed by atoms with Crippen LogP contribution in [0.2, 0.25) is 0 Å². The Morgan fingerprint density at radius 1 is 1.47 bits per heavy atom. The van der Waals surface area contributed by atoms with Crippen LogP contribution >= 0.6 is 0 Å². The van der Waals surface area contributed by atoms with Crippen LogP contribution in [0.3, 0.4) is 0 Å². The number of aromatic nitrogens is 2. The van der Waals surface area contributed by atoms with E-state index in [2.05, 4.69) is 14.9 Å². The average molecular weight is 211 g/mol. The predicted octanol–water partition coefficient (Wildman–Crippen LogP) is 1.16. The molecule has 0 saturated heterocycles. The zero-order valence-corrected chi connectivity index (χ0v) is 8.98. The number of hydrogen-bond acceptors (Lipinski definition) is 5. The number of rotatable bonds is 3. The topological polar surface area (TPSA) is 74.2 Å². The van der Waals surface area contributed by atoms with Gasteiger partial charge >= 0.3 is 0 Å². The molecule has 84 valence electrons. The molecule has 1 heterocycles. The molecule has 0 bridgehead atoms. The van der Waals surface area contributed by atoms with Crippen molar-refractivity contribution in [3.8, 4) is 0 Å². The molecule has 0 aromatic carbocycles. The van der Waals surface area contributed by atoms with E-state index in [1.807, 2.05) is 6.92 Å². The highest BCUT2D eigenvalue weighted by Crippen LogP contribution is 2.20. The molecule has 2 rings (SSSR count). The van der Waals surface area contributed by atoms with E-state index in [-0.39, 0.29) is 6.10 Å². The Labute approximate surface area is 88.9 Å². The fourth-order valence-electron chi connectivity index (χ4n) is 1.91. The largest absolute Gasteiger partial charge is 0.372 e. The lowest BCUT2D eigenvalue weighted by Gasteiger charge is -2.26. The first-order valence-corrected chi connectivity index (χ1v) is 5.41. The molecule has 0 radical (unpaired) electrons. The molecule has 2 N–H and O–H groups in total. The maximum Gasteiger partial charge on any atom is 0.133 e. The highest BCUT2D eigenvalue weighted by molar-refractivity contribution is 5.02. The van der Waals surface area contributed by atoms with Crippen LogP contribution in [0.5, 0.6) is 0 Å². The Morgan fingerprint density at radius 2 is 2.33 bits per heavy atom. The lowest BCUT2D eigenvalue weighted by atomic mass is 9.93. The summed E-state index contributed by atoms with van der Waals surface area (Å²) in [6.07, 6.45) is 4.58. The second-order valence-corrected chi connectivity index (χ2v) is 4.16. The second-order valence-electron chi connectivity index (χ2n) is 4.16. The molecule has 2 atom stereocenters. The molecular weight excluding hydrogens is 194 g/mol. The third-order valence-corrected chi connectivity index (χ3v) is 2.87. The van der Waals surface area contributed by atoms with Crippen molar-refractivity contribution in [1.29, 1.82) is 0 Å². The van der Waals surface area contributed by atoms with E-state index in [0.717, 1.165) is 37.1 Å². The minimum absolute atomic E-state index is 0.268. The maximum absolute atomic E-state index is 5.88. The Kier molecular flexibility index (Phi) is 3.33. The van der Waals surface area contributed by atoms with E-state index in [1.165, 1.54) is 0 Å². The summed E-state index contributed by atoms with van der Waals surface area (Å²) in [6, 6.07) is 0.292. The number of nitrogens with zero attached hydrogens (tertiary/aromatic N) is 2. The molecule has 15 heavy (non-hydrogen) atoms. The Bertz CT molecular complexity index is 313. The number of aryl methyl sites for hydroxylation is 1. The summed E-state index contributed by atoms with van der Waals surface area (Å²) in [5.41, 5.74) is 7.46. The van der Waals surface area contributed by atoms with Crippen LogP contribution in [0.1, 0.15) is 37.1 Å². The summed E-state index contributed by atoms with van der Waals surface area (Å²) in [4.78, 5) is 0. The van der Waals surface area contributed by atoms with Crippen molar-refractivity contribution in [3.05, 3.63) is 11.4 Å². The Hall–Kier alpha value is -0.940. The minimum Gasteiger partial charge on any atom is -0.372 e. The molecule has 1 aromatic heterocycles. The van der Waals surface area contributed by atoms with Crippen LogP contribution in [0.25, 0.3) is 0 Å². The summed E-state index contributed by atoms with van der Waals surface area (Å²) in [5.74, 6) is 0. The van der Waals surface area contributed by atoms with Crippen LogP contribution < -0.4 is 5.73 Å². The van der Waals surface area contributed by atoms with Gasteiger partial charge in [0.2, 0.25) is 0 Å². The van der Waals surface area contributed by atoms with Gasteiger partial charge in [0.25, 0.3) is 0 Å². The van der Waals surface area contributed by atoms with Crippen molar-refractivity contribution in [2.75, 3.05) is 0 Å². The van der Waals surface area contributed by atoms with Gasteiger partial charge in [0.15, 0.2) is 0 Å². The monoisotopic (exact) mass is 211 g/mol. The van der Waals surface area contributed by atoms with Gasteiger partial charge in [-0.3, -0.25) is 0 Å². The molecule has 5 heteroatoms. The Morgan fingerprint density at radius 3 is 3.00 bits per heavy atom. The smallest absolute Gasteiger partial charge is 0.133 e. The molecule has 1 saturated carbocycles. The lowest BCUT2D eigenvalue weighted by Crippen LogP contribution is -2.32. The van der Waals surface area contributed by atoms with Crippen LogP contribution in [0, 0.1) is 6.92 Å². The standard InChI is InChI=1S/C10H17N3O2/c1-7-10(13-15-12-7)6-14-9-4-2-3-8(11)5-9/h8-9H,2-6,11H2,1H3. The average Bonchev–Trinajstić information content (AvgIpc) is 2.61. The van der Waals surface area contributed by atoms with Crippen molar-refractivity contribution in [3.63, 3.8) is 0 Å². The van der Waals surface area contributed by atoms with Gasteiger partial charge in [-0.2, -0.15) is 0 Å². The normalized spacial score (nSPS) is 26.8. The summed E-state index contributed by atoms with van der Waals surface area (Å²) in [5, 5.41) is 7.48. The van der Waals surface area contributed by atoms with E-state index in [0.29, 0.717) is 12.6 Å². The molecule has 2 unspecified atom stereocenters. The fraction of sp³-hybridized carbons (Fsp3) is 0.800. The lowest BCUT2D eigenvalue weighted by molar-refractivity contribution is 0.00943. The summed E-state index contributed by atoms with van der Waals surface area (Å²) >= 11 is 0. The van der Waals surface area contributed by atoms with Gasteiger partial charge in [0, 0.05) is 6.04 Å². The first kappa shape index (κ1) is 10.6. The Balaban J connectivity index is 1.80. The highest BCUT2D eigenvalue weighted by atomic mass is 16.6. The fourth-order valence-corrected chi connectivity index (χ4v) is 1.91. The molecule has 1 aliphatic carbocycles. The van der Waals surface area contributed by atoms with Gasteiger partial charge in [-0.1, -0.05) is 10.3 Å². The maximum atomic E-state index is 5.88. The van der Waals surface area contributed by atoms with Gasteiger partial charge in [-0.05, 0) is 32.6 Å². The number of nitrogens with two attached hydrogens (primary N) is 1. The van der Waals surface area contributed by atoms with E-state index in [9.17, 15) is 0 Å². The van der Waals surface area contributed by atoms with Gasteiger partial charge in [0.05, 0.1) is 12.7 Å². The third kappa shape index (κ3) is 2.76. The first-order valence-electron chi connectivity index (χ1n) is 5.41. The van der Waals surface area contributed by atoms with E-state index in [4.69, 9.17) is 10.5 Å². The molecule has 5 nitrogen and oxygen atoms in total. The van der Waals surface area contributed by atoms with Gasteiger partial charge in [-0.25, -0.2) is 4.63 Å². The zero-order chi connectivity index (χ0) is 10.7. The van der Waals surface area contributed by atoms with Gasteiger partial charge in [0.1, 0.15) is 11.4 Å². The molecule has 1 aliphatic rings. The molecule has 1 fully saturated rings. The second kappa shape index (κ2) is 4.72. The molecule has 0 aliphatic heterocycles. The van der Waals surface area contributed by atoms with Gasteiger partial charge in [-0.15, -0.1) is 0 Å². The summed E-state index contributed by atoms with van der Waals surface area (Å²) in [6.45, 7) is 2.34. The van der Waals surface area contributed by atoms with Crippen LogP contribution in [-0.2, 0) is 11.3 Å². The minimum atomic E-state index is 0.268. The van der Waals surface area contributed by atoms with E-state index < -0.39 is 0 Å². The number of ether oxygens (including phenoxy) is 1. The molecule has 1 aromatic rings. The highest BCUT2D eigenvalue weighted by Gasteiger charge is 2.20. The first-order chi connectivity index (χ1) is 7.25. The quantitative estimate of drug-likeness (QED) is 0.812. The molecule has 0 amide bonds. The van der Waals surface area contributed by atoms with Crippen molar-refractivity contribution in [2.24, 2.45) is 5.73 Å². The predicted molar refractivity (Wildman–Crippen MR) is 54.1 cm³/mol. The van der Waals surface area contributed by atoms with Crippen LogP contribution in [-0.4, -0.2) is 22.5 Å². The van der Waals surface area contributed by atoms with Crippen molar-refractivity contribution in [1.82, 2.24) is 10.3 Å². The summed E-state index contributed by atoms with van der Waals surface area (Å²) < 4.78 is 10.3. The van der Waals surface area contributed by atoms with Crippen molar-refractivity contribution >= 4 is 0 Å². The van der Waals surface area contributed by atoms with Crippen LogP contribution in [0.4, 0.5) is 0 Å². The van der Waals surface area contributed by atoms with E-state index in [1.54, 1.807) is 0 Å². The number of hydrogen-bond donors (Lipinski definition) is 1. The van der Waals surface area contributed by atoms with Crippen molar-refractivity contribution < 1.29 is 9.37 Å². The molecular formula is C10H17N3O2. The zero-order valence-electron chi connectivity index (χ0n) is 8.98. The van der Waals surface area contributed by atoms with Gasteiger partial charge < -0.3 is 10.5 Å². The van der Waals surface area contributed by atoms with Crippen LogP contribution in [0.15, 0.2) is 4.63 Å². The van der Waals surface area contributed by atoms with E-state index >= 15 is 0 Å². The van der Waals surface area contributed by atoms with Crippen molar-refractivity contribution in [2.45, 2.75) is 51.4 Å².